The van der Waals surface area contributed by atoms with Crippen molar-refractivity contribution in [3.63, 3.8) is 0 Å². The van der Waals surface area contributed by atoms with Gasteiger partial charge in [-0.25, -0.2) is 5.06 Å². The number of Topliss-reactive ketones (excluding diaryl/α,β-unsaturated/α-hetero) is 1. The first kappa shape index (κ1) is 37.9. The van der Waals surface area contributed by atoms with E-state index in [-0.39, 0.29) is 28.9 Å². The topological polar surface area (TPSA) is 137 Å². The number of fused-ring (bicyclic) bond motifs is 2. The molecular weight excluding hydrogens is 698 g/mol. The highest BCUT2D eigenvalue weighted by Gasteiger charge is 2.41. The van der Waals surface area contributed by atoms with Gasteiger partial charge in [0, 0.05) is 29.4 Å². The van der Waals surface area contributed by atoms with Crippen LogP contribution in [0.5, 0.6) is 0 Å². The van der Waals surface area contributed by atoms with Crippen LogP contribution < -0.4 is 21.0 Å². The first-order valence-electron chi connectivity index (χ1n) is 17.2. The number of rotatable bonds is 12. The van der Waals surface area contributed by atoms with Gasteiger partial charge in [0.25, 0.3) is 0 Å². The minimum absolute atomic E-state index is 0.197. The molecule has 3 aliphatic rings. The summed E-state index contributed by atoms with van der Waals surface area (Å²) in [7, 11) is 1.59. The predicted molar refractivity (Wildman–Crippen MR) is 192 cm³/mol. The van der Waals surface area contributed by atoms with Crippen molar-refractivity contribution in [1.82, 2.24) is 20.9 Å². The van der Waals surface area contributed by atoms with E-state index < -0.39 is 36.0 Å². The zero-order chi connectivity index (χ0) is 35.0. The lowest BCUT2D eigenvalue weighted by Gasteiger charge is -2.39. The Bertz CT molecular complexity index is 1390. The van der Waals surface area contributed by atoms with Crippen LogP contribution >= 0.6 is 27.7 Å². The lowest BCUT2D eigenvalue weighted by Crippen LogP contribution is -2.63. The van der Waals surface area contributed by atoms with Crippen LogP contribution in [0.25, 0.3) is 5.57 Å². The highest BCUT2D eigenvalue weighted by atomic mass is 79.9. The highest BCUT2D eigenvalue weighted by molar-refractivity contribution is 9.10. The van der Waals surface area contributed by atoms with Gasteiger partial charge in [0.05, 0.1) is 12.8 Å². The monoisotopic (exact) mass is 747 g/mol. The number of halogens is 1. The summed E-state index contributed by atoms with van der Waals surface area (Å²) in [5.74, 6) is -1.63. The summed E-state index contributed by atoms with van der Waals surface area (Å²) in [6, 6.07) is 2.13. The first-order chi connectivity index (χ1) is 23.0. The molecule has 4 amide bonds. The summed E-state index contributed by atoms with van der Waals surface area (Å²) in [6.07, 6.45) is 9.68. The van der Waals surface area contributed by atoms with Crippen LogP contribution in [0.2, 0.25) is 0 Å². The van der Waals surface area contributed by atoms with E-state index in [0.29, 0.717) is 51.5 Å². The van der Waals surface area contributed by atoms with E-state index in [2.05, 4.69) is 31.9 Å². The van der Waals surface area contributed by atoms with Gasteiger partial charge in [-0.2, -0.15) is 0 Å². The summed E-state index contributed by atoms with van der Waals surface area (Å²) in [4.78, 5) is 75.5. The van der Waals surface area contributed by atoms with Crippen molar-refractivity contribution in [3.05, 3.63) is 34.3 Å². The molecule has 13 heteroatoms. The third kappa shape index (κ3) is 8.81. The number of thioether (sulfide) groups is 1. The zero-order valence-corrected chi connectivity index (χ0v) is 31.1. The Morgan fingerprint density at radius 1 is 1.06 bits per heavy atom. The molecule has 3 heterocycles. The second-order valence-electron chi connectivity index (χ2n) is 12.8. The van der Waals surface area contributed by atoms with Gasteiger partial charge in [0.15, 0.2) is 0 Å². The van der Waals surface area contributed by atoms with Crippen molar-refractivity contribution in [1.29, 1.82) is 0 Å². The highest BCUT2D eigenvalue weighted by Crippen LogP contribution is 2.45. The summed E-state index contributed by atoms with van der Waals surface area (Å²) in [5, 5.41) is 10.3. The van der Waals surface area contributed by atoms with E-state index in [1.807, 2.05) is 45.2 Å². The smallest absolute Gasteiger partial charge is 0.247 e. The Morgan fingerprint density at radius 2 is 1.83 bits per heavy atom. The quantitative estimate of drug-likeness (QED) is 0.261. The molecule has 6 atom stereocenters. The molecule has 2 fully saturated rings. The van der Waals surface area contributed by atoms with E-state index in [9.17, 15) is 24.0 Å². The number of amides is 4. The number of nitrogens with one attached hydrogen (secondary N) is 3. The first-order valence-corrected chi connectivity index (χ1v) is 19.2. The number of carbonyl (C=O) groups excluding carboxylic acids is 5. The van der Waals surface area contributed by atoms with Crippen LogP contribution in [-0.2, 0) is 28.8 Å². The summed E-state index contributed by atoms with van der Waals surface area (Å²) >= 11 is 5.09. The van der Waals surface area contributed by atoms with Crippen LogP contribution in [0, 0.1) is 5.92 Å². The number of unbranched alkanes of at least 4 members (excludes halogenated alkanes) is 2. The fourth-order valence-electron chi connectivity index (χ4n) is 6.66. The maximum atomic E-state index is 14.3. The molecule has 1 aromatic carbocycles. The molecular formula is C35H50BrN5O6S. The molecule has 0 aliphatic carbocycles. The zero-order valence-electron chi connectivity index (χ0n) is 28.7. The summed E-state index contributed by atoms with van der Waals surface area (Å²) < 4.78 is 0.846. The number of hydrogen-bond acceptors (Lipinski definition) is 8. The third-order valence-electron chi connectivity index (χ3n) is 9.67. The van der Waals surface area contributed by atoms with Crippen LogP contribution in [-0.4, -0.2) is 83.8 Å². The third-order valence-corrected chi connectivity index (χ3v) is 11.1. The van der Waals surface area contributed by atoms with Gasteiger partial charge in [-0.05, 0) is 74.1 Å². The number of anilines is 1. The molecule has 3 aliphatic heterocycles. The number of benzene rings is 1. The van der Waals surface area contributed by atoms with Gasteiger partial charge < -0.3 is 20.9 Å². The van der Waals surface area contributed by atoms with Crippen molar-refractivity contribution >= 4 is 68.4 Å². The Hall–Kier alpha value is -2.90. The van der Waals surface area contributed by atoms with Gasteiger partial charge >= 0.3 is 0 Å². The minimum atomic E-state index is -1.15. The number of carbonyl (C=O) groups is 5. The van der Waals surface area contributed by atoms with Crippen molar-refractivity contribution < 1.29 is 28.8 Å². The summed E-state index contributed by atoms with van der Waals surface area (Å²) in [6.45, 7) is 6.12. The molecule has 2 unspecified atom stereocenters. The normalized spacial score (nSPS) is 26.5. The van der Waals surface area contributed by atoms with Gasteiger partial charge in [0.1, 0.15) is 35.3 Å². The maximum Gasteiger partial charge on any atom is 0.247 e. The summed E-state index contributed by atoms with van der Waals surface area (Å²) in [5.41, 5.74) is 2.44. The Morgan fingerprint density at radius 3 is 2.52 bits per heavy atom. The van der Waals surface area contributed by atoms with Crippen molar-refractivity contribution in [3.8, 4) is 0 Å². The molecule has 4 rings (SSSR count). The molecule has 1 aromatic rings. The second-order valence-corrected chi connectivity index (χ2v) is 14.7. The van der Waals surface area contributed by atoms with E-state index in [4.69, 9.17) is 4.84 Å². The average Bonchev–Trinajstić information content (AvgIpc) is 3.39. The largest absolute Gasteiger partial charge is 0.343 e. The number of hydrogen-bond donors (Lipinski definition) is 3. The molecule has 2 saturated heterocycles. The van der Waals surface area contributed by atoms with Gasteiger partial charge in [-0.1, -0.05) is 56.0 Å². The SMILES string of the molecule is CCC(=O)CCCCC[C@@H]1NC(=O)[C@H]2CCCCN2C(=O)[C@H](C(C)CC)NC(=O)[C@H](/C=C2/c3cc(Br)ccc3N(OC)C2SC)NC1=O. The van der Waals surface area contributed by atoms with Crippen LogP contribution in [0.4, 0.5) is 5.69 Å². The van der Waals surface area contributed by atoms with E-state index in [0.717, 1.165) is 40.6 Å². The Kier molecular flexibility index (Phi) is 14.0. The number of nitrogens with zero attached hydrogens (tertiary/aromatic N) is 2. The molecule has 0 aromatic heterocycles. The maximum absolute atomic E-state index is 14.3. The second kappa shape index (κ2) is 17.7. The lowest BCUT2D eigenvalue weighted by atomic mass is 9.93. The van der Waals surface area contributed by atoms with E-state index in [1.54, 1.807) is 23.1 Å². The van der Waals surface area contributed by atoms with Crippen LogP contribution in [0.15, 0.2) is 28.7 Å². The molecule has 0 radical (unpaired) electrons. The Labute approximate surface area is 296 Å². The number of hydroxylamine groups is 1. The van der Waals surface area contributed by atoms with Gasteiger partial charge in [-0.15, -0.1) is 11.8 Å². The van der Waals surface area contributed by atoms with Crippen molar-refractivity contribution in [2.75, 3.05) is 25.0 Å². The standard InChI is InChI=1S/C35H50BrN5O6S/c1-6-21(3)30-34(46)40-18-12-11-15-29(40)33(45)37-26(14-10-8-9-13-23(42)7-2)31(43)38-27(32(44)39-30)20-25-24-19-22(36)16-17-28(24)41(47-4)35(25)48-5/h16-17,19-21,26-27,29-30,35H,6-15,18H2,1-5H3,(H,37,45)(H,38,43)(H,39,44)/b25-20-/t21?,26-,27-,29+,30-,35?/m0/s1. The van der Waals surface area contributed by atoms with Crippen molar-refractivity contribution in [2.45, 2.75) is 115 Å². The molecule has 0 saturated carbocycles. The number of ketones is 1. The average molecular weight is 749 g/mol. The minimum Gasteiger partial charge on any atom is -0.343 e. The van der Waals surface area contributed by atoms with E-state index >= 15 is 0 Å². The fourth-order valence-corrected chi connectivity index (χ4v) is 7.87. The molecule has 0 spiro atoms. The van der Waals surface area contributed by atoms with E-state index in [1.165, 1.54) is 11.8 Å². The van der Waals surface area contributed by atoms with Crippen molar-refractivity contribution in [2.24, 2.45) is 5.92 Å². The molecule has 0 bridgehead atoms. The Balaban J connectivity index is 1.74. The molecule has 48 heavy (non-hydrogen) atoms. The molecule has 11 nitrogen and oxygen atoms in total. The molecule has 264 valence electrons. The predicted octanol–water partition coefficient (Wildman–Crippen LogP) is 4.73. The van der Waals surface area contributed by atoms with Gasteiger partial charge in [-0.3, -0.25) is 28.8 Å². The lowest BCUT2D eigenvalue weighted by molar-refractivity contribution is -0.147. The van der Waals surface area contributed by atoms with Gasteiger partial charge in [0.2, 0.25) is 23.6 Å². The number of piperidine rings is 1. The fraction of sp³-hybridized carbons (Fsp3) is 0.629. The van der Waals surface area contributed by atoms with Crippen LogP contribution in [0.3, 0.4) is 0 Å². The molecule has 3 N–H and O–H groups in total. The van der Waals surface area contributed by atoms with Crippen LogP contribution in [0.1, 0.15) is 90.5 Å².